The number of amides is 1. The van der Waals surface area contributed by atoms with Gasteiger partial charge in [-0.25, -0.2) is 0 Å². The zero-order chi connectivity index (χ0) is 19.8. The average molecular weight is 376 g/mol. The van der Waals surface area contributed by atoms with Gasteiger partial charge in [0, 0.05) is 13.1 Å². The molecule has 142 valence electrons. The van der Waals surface area contributed by atoms with Gasteiger partial charge < -0.3 is 19.6 Å². The Kier molecular flexibility index (Phi) is 6.25. The summed E-state index contributed by atoms with van der Waals surface area (Å²) in [6, 6.07) is 23.9. The summed E-state index contributed by atoms with van der Waals surface area (Å²) in [6.07, 6.45) is 0. The van der Waals surface area contributed by atoms with Gasteiger partial charge >= 0.3 is 0 Å². The number of benzene rings is 3. The highest BCUT2D eigenvalue weighted by Gasteiger charge is 2.18. The monoisotopic (exact) mass is 376 g/mol. The van der Waals surface area contributed by atoms with Gasteiger partial charge in [0.1, 0.15) is 30.1 Å². The van der Waals surface area contributed by atoms with E-state index in [1.165, 1.54) is 14.2 Å². The second-order valence-corrected chi connectivity index (χ2v) is 5.69. The van der Waals surface area contributed by atoms with Gasteiger partial charge in [-0.3, -0.25) is 4.79 Å². The third kappa shape index (κ3) is 4.67. The maximum absolute atomic E-state index is 12.2. The zero-order valence-corrected chi connectivity index (χ0v) is 15.6. The standard InChI is InChI=1S/C22H20N2O4/c1-23-22(25)21(24-26-2)19-13-6-7-14-20(19)28-18-12-8-11-17(15-18)27-16-9-4-3-5-10-16/h3-15H,1-2H3,(H,23,25)/b24-21-. The number of para-hydroxylation sites is 2. The molecule has 0 unspecified atom stereocenters. The van der Waals surface area contributed by atoms with Crippen molar-refractivity contribution >= 4 is 11.6 Å². The molecule has 3 aromatic rings. The van der Waals surface area contributed by atoms with Crippen molar-refractivity contribution in [2.45, 2.75) is 0 Å². The van der Waals surface area contributed by atoms with Crippen LogP contribution >= 0.6 is 0 Å². The van der Waals surface area contributed by atoms with Crippen LogP contribution in [-0.2, 0) is 9.63 Å². The van der Waals surface area contributed by atoms with E-state index in [-0.39, 0.29) is 11.6 Å². The number of likely N-dealkylation sites (N-methyl/N-ethyl adjacent to an activating group) is 1. The first-order valence-electron chi connectivity index (χ1n) is 8.64. The first-order chi connectivity index (χ1) is 13.7. The first kappa shape index (κ1) is 19.0. The molecule has 0 aliphatic carbocycles. The highest BCUT2D eigenvalue weighted by molar-refractivity contribution is 6.45. The molecule has 28 heavy (non-hydrogen) atoms. The number of oxime groups is 1. The third-order valence-electron chi connectivity index (χ3n) is 3.78. The summed E-state index contributed by atoms with van der Waals surface area (Å²) in [7, 11) is 2.91. The van der Waals surface area contributed by atoms with Crippen LogP contribution in [0.25, 0.3) is 0 Å². The van der Waals surface area contributed by atoms with Crippen LogP contribution in [0.3, 0.4) is 0 Å². The predicted molar refractivity (Wildman–Crippen MR) is 107 cm³/mol. The number of carbonyl (C=O) groups excluding carboxylic acids is 1. The number of hydrogen-bond donors (Lipinski definition) is 1. The molecule has 0 aromatic heterocycles. The van der Waals surface area contributed by atoms with Gasteiger partial charge in [0.05, 0.1) is 5.56 Å². The average Bonchev–Trinajstić information content (AvgIpc) is 2.73. The van der Waals surface area contributed by atoms with Gasteiger partial charge in [-0.1, -0.05) is 41.6 Å². The van der Waals surface area contributed by atoms with Crippen molar-refractivity contribution in [3.63, 3.8) is 0 Å². The summed E-state index contributed by atoms with van der Waals surface area (Å²) in [6.45, 7) is 0. The van der Waals surface area contributed by atoms with Crippen molar-refractivity contribution in [2.24, 2.45) is 5.16 Å². The SMILES string of the molecule is CNC(=O)/C(=N\OC)c1ccccc1Oc1cccc(Oc2ccccc2)c1. The third-order valence-corrected chi connectivity index (χ3v) is 3.78. The smallest absolute Gasteiger partial charge is 0.273 e. The minimum atomic E-state index is -0.376. The molecule has 1 amide bonds. The summed E-state index contributed by atoms with van der Waals surface area (Å²) in [5.74, 6) is 2.03. The van der Waals surface area contributed by atoms with E-state index < -0.39 is 0 Å². The summed E-state index contributed by atoms with van der Waals surface area (Å²) >= 11 is 0. The molecule has 0 saturated heterocycles. The Morgan fingerprint density at radius 1 is 0.821 bits per heavy atom. The van der Waals surface area contributed by atoms with Gasteiger partial charge in [-0.15, -0.1) is 0 Å². The molecule has 0 atom stereocenters. The van der Waals surface area contributed by atoms with Crippen LogP contribution in [0.1, 0.15) is 5.56 Å². The summed E-state index contributed by atoms with van der Waals surface area (Å²) in [5, 5.41) is 6.39. The summed E-state index contributed by atoms with van der Waals surface area (Å²) < 4.78 is 11.9. The van der Waals surface area contributed by atoms with Gasteiger partial charge in [0.15, 0.2) is 5.71 Å². The molecule has 0 radical (unpaired) electrons. The Morgan fingerprint density at radius 3 is 2.18 bits per heavy atom. The van der Waals surface area contributed by atoms with Crippen molar-refractivity contribution in [1.29, 1.82) is 0 Å². The number of hydrogen-bond acceptors (Lipinski definition) is 5. The van der Waals surface area contributed by atoms with E-state index in [1.807, 2.05) is 54.6 Å². The Hall–Kier alpha value is -3.80. The molecule has 6 heteroatoms. The van der Waals surface area contributed by atoms with Crippen molar-refractivity contribution in [3.8, 4) is 23.0 Å². The zero-order valence-electron chi connectivity index (χ0n) is 15.6. The molecule has 0 aliphatic rings. The van der Waals surface area contributed by atoms with Gasteiger partial charge in [0.25, 0.3) is 5.91 Å². The molecular formula is C22H20N2O4. The predicted octanol–water partition coefficient (Wildman–Crippen LogP) is 4.37. The van der Waals surface area contributed by atoms with E-state index in [4.69, 9.17) is 14.3 Å². The number of nitrogens with zero attached hydrogens (tertiary/aromatic N) is 1. The van der Waals surface area contributed by atoms with E-state index in [1.54, 1.807) is 24.3 Å². The molecule has 3 rings (SSSR count). The van der Waals surface area contributed by atoms with Crippen molar-refractivity contribution < 1.29 is 19.1 Å². The minimum absolute atomic E-state index is 0.122. The van der Waals surface area contributed by atoms with Crippen LogP contribution in [0.15, 0.2) is 84.0 Å². The second-order valence-electron chi connectivity index (χ2n) is 5.69. The summed E-state index contributed by atoms with van der Waals surface area (Å²) in [4.78, 5) is 17.0. The maximum Gasteiger partial charge on any atom is 0.273 e. The molecule has 0 heterocycles. The van der Waals surface area contributed by atoms with Crippen molar-refractivity contribution in [2.75, 3.05) is 14.2 Å². The molecule has 0 saturated carbocycles. The molecule has 0 spiro atoms. The molecule has 1 N–H and O–H groups in total. The minimum Gasteiger partial charge on any atom is -0.457 e. The lowest BCUT2D eigenvalue weighted by Gasteiger charge is -2.13. The Labute approximate surface area is 163 Å². The molecular weight excluding hydrogens is 356 g/mol. The normalized spacial score (nSPS) is 10.9. The maximum atomic E-state index is 12.2. The van der Waals surface area contributed by atoms with E-state index in [0.717, 1.165) is 5.75 Å². The second kappa shape index (κ2) is 9.23. The van der Waals surface area contributed by atoms with Crippen LogP contribution in [0.2, 0.25) is 0 Å². The lowest BCUT2D eigenvalue weighted by atomic mass is 10.1. The first-order valence-corrected chi connectivity index (χ1v) is 8.64. The fourth-order valence-corrected chi connectivity index (χ4v) is 2.53. The molecule has 3 aromatic carbocycles. The number of nitrogens with one attached hydrogen (secondary N) is 1. The fraction of sp³-hybridized carbons (Fsp3) is 0.0909. The topological polar surface area (TPSA) is 69.2 Å². The van der Waals surface area contributed by atoms with Crippen LogP contribution in [-0.4, -0.2) is 25.8 Å². The molecule has 0 aliphatic heterocycles. The summed E-state index contributed by atoms with van der Waals surface area (Å²) in [5.41, 5.74) is 0.635. The Bertz CT molecular complexity index is 971. The van der Waals surface area contributed by atoms with Gasteiger partial charge in [0.2, 0.25) is 0 Å². The lowest BCUT2D eigenvalue weighted by Crippen LogP contribution is -2.28. The Balaban J connectivity index is 1.87. The molecule has 6 nitrogen and oxygen atoms in total. The fourth-order valence-electron chi connectivity index (χ4n) is 2.53. The highest BCUT2D eigenvalue weighted by Crippen LogP contribution is 2.30. The van der Waals surface area contributed by atoms with Gasteiger partial charge in [-0.2, -0.15) is 0 Å². The van der Waals surface area contributed by atoms with E-state index in [0.29, 0.717) is 22.8 Å². The van der Waals surface area contributed by atoms with Crippen molar-refractivity contribution in [3.05, 3.63) is 84.4 Å². The Morgan fingerprint density at radius 2 is 1.46 bits per heavy atom. The van der Waals surface area contributed by atoms with Crippen LogP contribution in [0.5, 0.6) is 23.0 Å². The number of ether oxygens (including phenoxy) is 2. The number of carbonyl (C=O) groups is 1. The van der Waals surface area contributed by atoms with E-state index in [2.05, 4.69) is 10.5 Å². The molecule has 0 bridgehead atoms. The van der Waals surface area contributed by atoms with E-state index in [9.17, 15) is 4.79 Å². The quantitative estimate of drug-likeness (QED) is 0.491. The van der Waals surface area contributed by atoms with Gasteiger partial charge in [-0.05, 0) is 36.4 Å². The molecule has 0 fully saturated rings. The largest absolute Gasteiger partial charge is 0.457 e. The van der Waals surface area contributed by atoms with Crippen LogP contribution in [0, 0.1) is 0 Å². The highest BCUT2D eigenvalue weighted by atomic mass is 16.6. The van der Waals surface area contributed by atoms with E-state index >= 15 is 0 Å². The van der Waals surface area contributed by atoms with Crippen LogP contribution in [0.4, 0.5) is 0 Å². The number of rotatable bonds is 7. The lowest BCUT2D eigenvalue weighted by molar-refractivity contribution is -0.114. The van der Waals surface area contributed by atoms with Crippen molar-refractivity contribution in [1.82, 2.24) is 5.32 Å². The van der Waals surface area contributed by atoms with Crippen LogP contribution < -0.4 is 14.8 Å².